The maximum atomic E-state index is 12.8. The number of ether oxygens (including phenoxy) is 1. The SMILES string of the molecule is COC(=O)NCC(=O)N1CC2(CC2)C[C@H]1c1ncc(-c2ccc3cc(Br)ccc3c2)[nH]1. The molecule has 31 heavy (non-hydrogen) atoms. The molecule has 160 valence electrons. The zero-order chi connectivity index (χ0) is 21.6. The van der Waals surface area contributed by atoms with Crippen LogP contribution >= 0.6 is 15.9 Å². The van der Waals surface area contributed by atoms with E-state index >= 15 is 0 Å². The fourth-order valence-corrected chi connectivity index (χ4v) is 4.84. The van der Waals surface area contributed by atoms with Gasteiger partial charge in [-0.15, -0.1) is 0 Å². The number of alkyl carbamates (subject to hydrolysis) is 1. The Morgan fingerprint density at radius 3 is 2.81 bits per heavy atom. The van der Waals surface area contributed by atoms with Crippen LogP contribution < -0.4 is 5.32 Å². The molecule has 8 heteroatoms. The van der Waals surface area contributed by atoms with Crippen LogP contribution in [0.5, 0.6) is 0 Å². The monoisotopic (exact) mass is 482 g/mol. The molecule has 2 aromatic carbocycles. The Bertz CT molecular complexity index is 1170. The zero-order valence-electron chi connectivity index (χ0n) is 17.2. The zero-order valence-corrected chi connectivity index (χ0v) is 18.7. The van der Waals surface area contributed by atoms with Gasteiger partial charge in [0.2, 0.25) is 5.91 Å². The Hall–Kier alpha value is -2.87. The van der Waals surface area contributed by atoms with Crippen LogP contribution in [0.25, 0.3) is 22.0 Å². The van der Waals surface area contributed by atoms with Crippen LogP contribution in [0.3, 0.4) is 0 Å². The molecule has 1 saturated carbocycles. The van der Waals surface area contributed by atoms with Gasteiger partial charge in [-0.25, -0.2) is 9.78 Å². The molecule has 1 aliphatic heterocycles. The van der Waals surface area contributed by atoms with Gasteiger partial charge in [0.15, 0.2) is 0 Å². The number of amides is 2. The first kappa shape index (κ1) is 20.1. The Kier molecular flexibility index (Phi) is 4.97. The summed E-state index contributed by atoms with van der Waals surface area (Å²) in [7, 11) is 1.29. The first-order valence-electron chi connectivity index (χ1n) is 10.3. The molecule has 1 atom stereocenters. The van der Waals surface area contributed by atoms with E-state index in [1.165, 1.54) is 12.5 Å². The number of methoxy groups -OCH3 is 1. The van der Waals surface area contributed by atoms with Crippen molar-refractivity contribution >= 4 is 38.7 Å². The molecule has 3 aromatic rings. The predicted octanol–water partition coefficient (Wildman–Crippen LogP) is 4.40. The number of carbonyl (C=O) groups excluding carboxylic acids is 2. The number of halogens is 1. The first-order chi connectivity index (χ1) is 15.0. The summed E-state index contributed by atoms with van der Waals surface area (Å²) < 4.78 is 5.63. The predicted molar refractivity (Wildman–Crippen MR) is 120 cm³/mol. The molecule has 7 nitrogen and oxygen atoms in total. The lowest BCUT2D eigenvalue weighted by Gasteiger charge is -2.23. The molecule has 1 aromatic heterocycles. The number of hydrogen-bond donors (Lipinski definition) is 2. The molecule has 0 unspecified atom stereocenters. The van der Waals surface area contributed by atoms with Crippen molar-refractivity contribution in [1.29, 1.82) is 0 Å². The second-order valence-electron chi connectivity index (χ2n) is 8.48. The smallest absolute Gasteiger partial charge is 0.407 e. The molecule has 2 fully saturated rings. The minimum atomic E-state index is -0.603. The second-order valence-corrected chi connectivity index (χ2v) is 9.39. The molecular weight excluding hydrogens is 460 g/mol. The van der Waals surface area contributed by atoms with Crippen molar-refractivity contribution in [2.75, 3.05) is 20.2 Å². The highest BCUT2D eigenvalue weighted by molar-refractivity contribution is 9.10. The Morgan fingerprint density at radius 2 is 2.03 bits per heavy atom. The average Bonchev–Trinajstić information content (AvgIpc) is 3.19. The number of hydrogen-bond acceptors (Lipinski definition) is 4. The normalized spacial score (nSPS) is 19.0. The highest BCUT2D eigenvalue weighted by atomic mass is 79.9. The highest BCUT2D eigenvalue weighted by Crippen LogP contribution is 2.58. The summed E-state index contributed by atoms with van der Waals surface area (Å²) in [4.78, 5) is 34.1. The van der Waals surface area contributed by atoms with E-state index in [-0.39, 0.29) is 23.9 Å². The number of likely N-dealkylation sites (tertiary alicyclic amines) is 1. The van der Waals surface area contributed by atoms with Crippen LogP contribution in [0.1, 0.15) is 31.1 Å². The van der Waals surface area contributed by atoms with E-state index in [1.807, 2.05) is 17.2 Å². The first-order valence-corrected chi connectivity index (χ1v) is 11.1. The van der Waals surface area contributed by atoms with E-state index < -0.39 is 6.09 Å². The van der Waals surface area contributed by atoms with Crippen molar-refractivity contribution in [3.63, 3.8) is 0 Å². The number of aromatic nitrogens is 2. The second kappa shape index (κ2) is 7.67. The fourth-order valence-electron chi connectivity index (χ4n) is 4.46. The van der Waals surface area contributed by atoms with Gasteiger partial charge in [0.05, 0.1) is 25.0 Å². The number of benzene rings is 2. The third kappa shape index (κ3) is 3.92. The largest absolute Gasteiger partial charge is 0.453 e. The number of fused-ring (bicyclic) bond motifs is 1. The van der Waals surface area contributed by atoms with Crippen LogP contribution in [0.2, 0.25) is 0 Å². The van der Waals surface area contributed by atoms with Gasteiger partial charge in [-0.05, 0) is 53.6 Å². The molecule has 1 aliphatic carbocycles. The number of H-pyrrole nitrogens is 1. The fraction of sp³-hybridized carbons (Fsp3) is 0.348. The minimum Gasteiger partial charge on any atom is -0.453 e. The molecule has 2 amide bonds. The van der Waals surface area contributed by atoms with Crippen molar-refractivity contribution in [2.45, 2.75) is 25.3 Å². The topological polar surface area (TPSA) is 87.3 Å². The van der Waals surface area contributed by atoms with Crippen molar-refractivity contribution in [1.82, 2.24) is 20.2 Å². The van der Waals surface area contributed by atoms with Gasteiger partial charge in [-0.3, -0.25) is 4.79 Å². The third-order valence-electron chi connectivity index (χ3n) is 6.38. The van der Waals surface area contributed by atoms with E-state index in [0.29, 0.717) is 6.54 Å². The quantitative estimate of drug-likeness (QED) is 0.576. The Morgan fingerprint density at radius 1 is 1.26 bits per heavy atom. The molecule has 2 N–H and O–H groups in total. The van der Waals surface area contributed by atoms with E-state index in [2.05, 4.69) is 66.3 Å². The average molecular weight is 483 g/mol. The summed E-state index contributed by atoms with van der Waals surface area (Å²) in [6.45, 7) is 0.632. The molecule has 2 heterocycles. The summed E-state index contributed by atoms with van der Waals surface area (Å²) >= 11 is 3.51. The number of nitrogens with zero attached hydrogens (tertiary/aromatic N) is 2. The van der Waals surface area contributed by atoms with Gasteiger partial charge in [-0.1, -0.05) is 34.1 Å². The van der Waals surface area contributed by atoms with Gasteiger partial charge in [0.25, 0.3) is 0 Å². The standard InChI is InChI=1S/C23H23BrN4O3/c1-31-22(30)26-12-20(29)28-13-23(6-7-23)10-19(28)21-25-11-18(27-21)16-3-2-15-9-17(24)5-4-14(15)8-16/h2-5,8-9,11,19H,6-7,10,12-13H2,1H3,(H,25,27)(H,26,30)/t19-/m0/s1. The minimum absolute atomic E-state index is 0.0763. The van der Waals surface area contributed by atoms with Crippen molar-refractivity contribution in [3.8, 4) is 11.3 Å². The molecule has 0 radical (unpaired) electrons. The molecule has 2 aliphatic rings. The van der Waals surface area contributed by atoms with Crippen LogP contribution in [-0.4, -0.2) is 47.1 Å². The Labute approximate surface area is 188 Å². The van der Waals surface area contributed by atoms with E-state index in [4.69, 9.17) is 0 Å². The lowest BCUT2D eigenvalue weighted by molar-refractivity contribution is -0.131. The van der Waals surface area contributed by atoms with Gasteiger partial charge in [0.1, 0.15) is 12.4 Å². The van der Waals surface area contributed by atoms with Crippen LogP contribution in [-0.2, 0) is 9.53 Å². The van der Waals surface area contributed by atoms with Crippen LogP contribution in [0.4, 0.5) is 4.79 Å². The van der Waals surface area contributed by atoms with Gasteiger partial charge in [0, 0.05) is 16.6 Å². The summed E-state index contributed by atoms with van der Waals surface area (Å²) in [6.07, 6.45) is 4.39. The van der Waals surface area contributed by atoms with Crippen molar-refractivity contribution in [2.24, 2.45) is 5.41 Å². The number of nitrogens with one attached hydrogen (secondary N) is 2. The van der Waals surface area contributed by atoms with Gasteiger partial charge >= 0.3 is 6.09 Å². The molecule has 0 bridgehead atoms. The lowest BCUT2D eigenvalue weighted by atomic mass is 10.0. The maximum absolute atomic E-state index is 12.8. The number of imidazole rings is 1. The van der Waals surface area contributed by atoms with Gasteiger partial charge < -0.3 is 19.9 Å². The highest BCUT2D eigenvalue weighted by Gasteiger charge is 2.54. The summed E-state index contributed by atoms with van der Waals surface area (Å²) in [5.74, 6) is 0.675. The summed E-state index contributed by atoms with van der Waals surface area (Å²) in [6, 6.07) is 12.4. The maximum Gasteiger partial charge on any atom is 0.407 e. The van der Waals surface area contributed by atoms with Crippen LogP contribution in [0, 0.1) is 5.41 Å². The Balaban J connectivity index is 1.39. The molecule has 1 spiro atoms. The van der Waals surface area contributed by atoms with Crippen LogP contribution in [0.15, 0.2) is 47.1 Å². The number of carbonyl (C=O) groups is 2. The van der Waals surface area contributed by atoms with Crippen molar-refractivity contribution < 1.29 is 14.3 Å². The third-order valence-corrected chi connectivity index (χ3v) is 6.87. The van der Waals surface area contributed by atoms with Gasteiger partial charge in [-0.2, -0.15) is 0 Å². The van der Waals surface area contributed by atoms with Crippen molar-refractivity contribution in [3.05, 3.63) is 52.9 Å². The lowest BCUT2D eigenvalue weighted by Crippen LogP contribution is -2.40. The van der Waals surface area contributed by atoms with E-state index in [0.717, 1.165) is 46.2 Å². The summed E-state index contributed by atoms with van der Waals surface area (Å²) in [5, 5.41) is 4.81. The number of rotatable bonds is 4. The van der Waals surface area contributed by atoms with E-state index in [1.54, 1.807) is 0 Å². The summed E-state index contributed by atoms with van der Waals surface area (Å²) in [5.41, 5.74) is 2.18. The molecule has 5 rings (SSSR count). The van der Waals surface area contributed by atoms with E-state index in [9.17, 15) is 9.59 Å². The number of aromatic amines is 1. The molecular formula is C23H23BrN4O3. The molecule has 1 saturated heterocycles.